The van der Waals surface area contributed by atoms with Gasteiger partial charge in [-0.25, -0.2) is 8.42 Å². The highest BCUT2D eigenvalue weighted by atomic mass is 32.2. The summed E-state index contributed by atoms with van der Waals surface area (Å²) in [4.78, 5) is 5.17. The van der Waals surface area contributed by atoms with Crippen molar-refractivity contribution in [3.05, 3.63) is 57.4 Å². The van der Waals surface area contributed by atoms with Crippen LogP contribution in [0.3, 0.4) is 0 Å². The van der Waals surface area contributed by atoms with E-state index in [0.717, 1.165) is 18.4 Å². The summed E-state index contributed by atoms with van der Waals surface area (Å²) in [6, 6.07) is 9.15. The number of sulfonamides is 1. The highest BCUT2D eigenvalue weighted by molar-refractivity contribution is 7.92. The van der Waals surface area contributed by atoms with Gasteiger partial charge in [0.2, 0.25) is 0 Å². The minimum absolute atomic E-state index is 0.0522. The molecule has 1 aliphatic rings. The maximum absolute atomic E-state index is 12.1. The van der Waals surface area contributed by atoms with Crippen LogP contribution >= 0.6 is 11.5 Å². The molecule has 1 aromatic heterocycles. The summed E-state index contributed by atoms with van der Waals surface area (Å²) in [5, 5.41) is 0. The van der Waals surface area contributed by atoms with Crippen LogP contribution < -0.4 is 4.07 Å². The minimum atomic E-state index is -3.49. The molecule has 0 saturated heterocycles. The molecule has 0 N–H and O–H groups in total. The molecule has 1 heterocycles. The predicted molar refractivity (Wildman–Crippen MR) is 79.0 cm³/mol. The van der Waals surface area contributed by atoms with E-state index in [9.17, 15) is 8.42 Å². The molecule has 0 bridgehead atoms. The summed E-state index contributed by atoms with van der Waals surface area (Å²) in [5.74, 6) is -0.0522. The Kier molecular flexibility index (Phi) is 3.76. The maximum atomic E-state index is 12.1. The van der Waals surface area contributed by atoms with Crippen LogP contribution in [0.15, 0.2) is 36.5 Å². The number of aromatic nitrogens is 1. The van der Waals surface area contributed by atoms with Gasteiger partial charge in [0.25, 0.3) is 0 Å². The molecule has 2 aromatic rings. The van der Waals surface area contributed by atoms with Crippen molar-refractivity contribution in [1.82, 2.24) is 0 Å². The van der Waals surface area contributed by atoms with Gasteiger partial charge in [0.15, 0.2) is 6.20 Å². The van der Waals surface area contributed by atoms with Gasteiger partial charge >= 0.3 is 0 Å². The summed E-state index contributed by atoms with van der Waals surface area (Å²) in [6.07, 6.45) is 6.31. The van der Waals surface area contributed by atoms with Gasteiger partial charge in [-0.05, 0) is 31.2 Å². The van der Waals surface area contributed by atoms with Crippen molar-refractivity contribution in [2.45, 2.75) is 31.4 Å². The fraction of sp³-hybridized carbons (Fsp3) is 0.357. The van der Waals surface area contributed by atoms with Gasteiger partial charge in [0.05, 0.1) is 10.6 Å². The van der Waals surface area contributed by atoms with Crippen LogP contribution in [-0.2, 0) is 28.6 Å². The van der Waals surface area contributed by atoms with E-state index in [0.29, 0.717) is 0 Å². The number of hydrogen-bond acceptors (Lipinski definition) is 3. The lowest BCUT2D eigenvalue weighted by Gasteiger charge is -2.11. The number of hydrogen-bond donors (Lipinski definition) is 0. The molecule has 0 saturated carbocycles. The van der Waals surface area contributed by atoms with Crippen molar-refractivity contribution >= 4 is 21.6 Å². The Balaban J connectivity index is 1.74. The van der Waals surface area contributed by atoms with E-state index in [2.05, 4.69) is 4.83 Å². The lowest BCUT2D eigenvalue weighted by molar-refractivity contribution is -0.539. The zero-order valence-corrected chi connectivity index (χ0v) is 12.7. The molecule has 106 valence electrons. The van der Waals surface area contributed by atoms with E-state index >= 15 is 0 Å². The Morgan fingerprint density at radius 1 is 1.15 bits per heavy atom. The first kappa shape index (κ1) is 13.6. The first-order valence-electron chi connectivity index (χ1n) is 6.66. The lowest BCUT2D eigenvalue weighted by atomic mass is 10.0. The average molecular weight is 308 g/mol. The molecular formula is C14H16N2O2S2. The topological polar surface area (TPSA) is 52.1 Å². The molecule has 3 rings (SSSR count). The molecule has 1 aromatic carbocycles. The molecule has 6 heteroatoms. The van der Waals surface area contributed by atoms with E-state index in [1.807, 2.05) is 24.4 Å². The average Bonchev–Trinajstić information content (AvgIpc) is 2.80. The highest BCUT2D eigenvalue weighted by Gasteiger charge is 2.18. The van der Waals surface area contributed by atoms with Gasteiger partial charge < -0.3 is 4.83 Å². The summed E-state index contributed by atoms with van der Waals surface area (Å²) >= 11 is 1.44. The fourth-order valence-electron chi connectivity index (χ4n) is 2.39. The largest absolute Gasteiger partial charge is 0.307 e. The van der Waals surface area contributed by atoms with Crippen molar-refractivity contribution in [3.63, 3.8) is 0 Å². The number of aryl methyl sites for hydroxylation is 2. The number of fused-ring (bicyclic) bond motifs is 1. The zero-order valence-electron chi connectivity index (χ0n) is 11.0. The standard InChI is InChI=1S/C14H16N2O2S2/c17-20(18,11-12-6-2-1-3-7-12)15-16-10-13-8-4-5-9-14(13)19-16/h1-3,6-7,10H,4-5,8-9,11H2. The third kappa shape index (κ3) is 3.19. The van der Waals surface area contributed by atoms with Crippen molar-refractivity contribution in [2.24, 2.45) is 0 Å². The molecule has 0 amide bonds. The van der Waals surface area contributed by atoms with Gasteiger partial charge in [-0.3, -0.25) is 0 Å². The number of rotatable bonds is 4. The van der Waals surface area contributed by atoms with E-state index in [1.165, 1.54) is 38.9 Å². The molecular weight excluding hydrogens is 292 g/mol. The Morgan fingerprint density at radius 2 is 1.90 bits per heavy atom. The monoisotopic (exact) mass is 308 g/mol. The van der Waals surface area contributed by atoms with E-state index in [4.69, 9.17) is 0 Å². The van der Waals surface area contributed by atoms with Crippen LogP contribution in [0.1, 0.15) is 28.8 Å². The SMILES string of the molecule is O=S(=O)(Cc1ccccc1)[N-][n+]1cc2c(s1)CCCC2. The zero-order chi connectivity index (χ0) is 14.0. The Labute approximate surface area is 123 Å². The third-order valence-corrected chi connectivity index (χ3v) is 5.61. The summed E-state index contributed by atoms with van der Waals surface area (Å²) in [6.45, 7) is 0. The summed E-state index contributed by atoms with van der Waals surface area (Å²) < 4.78 is 25.7. The number of benzene rings is 1. The second-order valence-electron chi connectivity index (χ2n) is 4.97. The summed E-state index contributed by atoms with van der Waals surface area (Å²) in [5.41, 5.74) is 2.01. The highest BCUT2D eigenvalue weighted by Crippen LogP contribution is 2.24. The lowest BCUT2D eigenvalue weighted by Crippen LogP contribution is -2.27. The van der Waals surface area contributed by atoms with Gasteiger partial charge in [0, 0.05) is 5.56 Å². The normalized spacial score (nSPS) is 14.8. The minimum Gasteiger partial charge on any atom is -0.307 e. The Bertz CT molecular complexity index is 670. The number of nitrogens with zero attached hydrogens (tertiary/aromatic N) is 2. The van der Waals surface area contributed by atoms with Crippen molar-refractivity contribution in [3.8, 4) is 0 Å². The Morgan fingerprint density at radius 3 is 2.65 bits per heavy atom. The fourth-order valence-corrected chi connectivity index (χ4v) is 4.71. The molecule has 1 aliphatic carbocycles. The van der Waals surface area contributed by atoms with E-state index < -0.39 is 10.0 Å². The van der Waals surface area contributed by atoms with Gasteiger partial charge in [-0.1, -0.05) is 30.3 Å². The van der Waals surface area contributed by atoms with Crippen molar-refractivity contribution in [2.75, 3.05) is 0 Å². The smallest absolute Gasteiger partial charge is 0.183 e. The molecule has 0 unspecified atom stereocenters. The van der Waals surface area contributed by atoms with E-state index in [-0.39, 0.29) is 5.75 Å². The maximum Gasteiger partial charge on any atom is 0.183 e. The first-order chi connectivity index (χ1) is 9.62. The predicted octanol–water partition coefficient (Wildman–Crippen LogP) is 2.58. The van der Waals surface area contributed by atoms with Gasteiger partial charge in [-0.15, -0.1) is 0 Å². The van der Waals surface area contributed by atoms with Crippen LogP contribution in [0.2, 0.25) is 0 Å². The van der Waals surface area contributed by atoms with Crippen LogP contribution in [0.5, 0.6) is 0 Å². The summed E-state index contributed by atoms with van der Waals surface area (Å²) in [7, 11) is -3.49. The molecule has 4 nitrogen and oxygen atoms in total. The Hall–Kier alpha value is -1.40. The molecule has 0 atom stereocenters. The molecule has 0 fully saturated rings. The quantitative estimate of drug-likeness (QED) is 0.815. The van der Waals surface area contributed by atoms with Crippen LogP contribution in [0.4, 0.5) is 0 Å². The third-order valence-electron chi connectivity index (χ3n) is 3.32. The van der Waals surface area contributed by atoms with Crippen LogP contribution in [0, 0.1) is 0 Å². The molecule has 0 spiro atoms. The molecule has 0 aliphatic heterocycles. The van der Waals surface area contributed by atoms with Crippen molar-refractivity contribution < 1.29 is 12.5 Å². The molecule has 20 heavy (non-hydrogen) atoms. The van der Waals surface area contributed by atoms with Gasteiger partial charge in [0.1, 0.15) is 21.6 Å². The first-order valence-corrected chi connectivity index (χ1v) is 9.04. The van der Waals surface area contributed by atoms with Crippen molar-refractivity contribution in [1.29, 1.82) is 0 Å². The van der Waals surface area contributed by atoms with E-state index in [1.54, 1.807) is 12.1 Å². The second-order valence-corrected chi connectivity index (χ2v) is 7.64. The van der Waals surface area contributed by atoms with Crippen LogP contribution in [-0.4, -0.2) is 8.42 Å². The molecule has 0 radical (unpaired) electrons. The second kappa shape index (κ2) is 5.54. The van der Waals surface area contributed by atoms with Crippen LogP contribution in [0.25, 0.3) is 4.83 Å². The van der Waals surface area contributed by atoms with Gasteiger partial charge in [-0.2, -0.15) is 4.07 Å².